The van der Waals surface area contributed by atoms with Gasteiger partial charge in [0.15, 0.2) is 0 Å². The van der Waals surface area contributed by atoms with Gasteiger partial charge in [0, 0.05) is 11.1 Å². The number of hydrogen-bond donors (Lipinski definition) is 0. The maximum absolute atomic E-state index is 2.63. The van der Waals surface area contributed by atoms with Crippen LogP contribution in [0.25, 0.3) is 0 Å². The van der Waals surface area contributed by atoms with E-state index in [0.717, 1.165) is 11.8 Å². The highest BCUT2D eigenvalue weighted by atomic mass is 15.3. The van der Waals surface area contributed by atoms with Gasteiger partial charge in [-0.15, -0.1) is 0 Å². The zero-order chi connectivity index (χ0) is 10.6. The van der Waals surface area contributed by atoms with E-state index in [0.29, 0.717) is 11.1 Å². The summed E-state index contributed by atoms with van der Waals surface area (Å²) in [5, 5.41) is 0. The first-order valence-electron chi connectivity index (χ1n) is 6.12. The molecule has 0 aromatic heterocycles. The maximum atomic E-state index is 2.63. The molecule has 82 valence electrons. The van der Waals surface area contributed by atoms with Crippen molar-refractivity contribution >= 4 is 0 Å². The third kappa shape index (κ3) is 1.18. The summed E-state index contributed by atoms with van der Waals surface area (Å²) in [5.41, 5.74) is 0.823. The highest BCUT2D eigenvalue weighted by Gasteiger charge is 2.56. The summed E-state index contributed by atoms with van der Waals surface area (Å²) in [6.07, 6.45) is 5.81. The molecule has 0 amide bonds. The van der Waals surface area contributed by atoms with E-state index in [-0.39, 0.29) is 0 Å². The van der Waals surface area contributed by atoms with Crippen LogP contribution in [0.3, 0.4) is 0 Å². The fourth-order valence-electron chi connectivity index (χ4n) is 4.06. The number of likely N-dealkylation sites (tertiary alicyclic amines) is 1. The first kappa shape index (κ1) is 10.5. The van der Waals surface area contributed by atoms with Crippen LogP contribution in [0.1, 0.15) is 53.4 Å². The van der Waals surface area contributed by atoms with Crippen LogP contribution in [0.4, 0.5) is 0 Å². The predicted octanol–water partition coefficient (Wildman–Crippen LogP) is 3.30. The summed E-state index contributed by atoms with van der Waals surface area (Å²) in [4.78, 5) is 2.63. The van der Waals surface area contributed by atoms with Crippen molar-refractivity contribution in [3.8, 4) is 0 Å². The van der Waals surface area contributed by atoms with Crippen LogP contribution >= 0.6 is 0 Å². The third-order valence-electron chi connectivity index (χ3n) is 5.31. The van der Waals surface area contributed by atoms with E-state index in [4.69, 9.17) is 0 Å². The molecule has 1 aliphatic carbocycles. The average Bonchev–Trinajstić information content (AvgIpc) is 2.28. The lowest BCUT2D eigenvalue weighted by Gasteiger charge is -2.38. The van der Waals surface area contributed by atoms with E-state index in [2.05, 4.69) is 39.6 Å². The molecule has 1 saturated heterocycles. The summed E-state index contributed by atoms with van der Waals surface area (Å²) < 4.78 is 0. The molecule has 0 N–H and O–H groups in total. The van der Waals surface area contributed by atoms with Gasteiger partial charge in [-0.25, -0.2) is 0 Å². The van der Waals surface area contributed by atoms with Gasteiger partial charge in [0.2, 0.25) is 0 Å². The second kappa shape index (κ2) is 2.98. The van der Waals surface area contributed by atoms with Crippen molar-refractivity contribution in [3.05, 3.63) is 0 Å². The molecule has 0 radical (unpaired) electrons. The molecule has 2 unspecified atom stereocenters. The highest BCUT2D eigenvalue weighted by molar-refractivity contribution is 5.10. The van der Waals surface area contributed by atoms with Crippen molar-refractivity contribution in [1.29, 1.82) is 0 Å². The maximum Gasteiger partial charge on any atom is 0.0187 e. The molecule has 2 rings (SSSR count). The van der Waals surface area contributed by atoms with E-state index < -0.39 is 0 Å². The molecule has 2 atom stereocenters. The van der Waals surface area contributed by atoms with Crippen LogP contribution in [0, 0.1) is 11.8 Å². The molecule has 1 aliphatic heterocycles. The van der Waals surface area contributed by atoms with Gasteiger partial charge in [-0.1, -0.05) is 12.8 Å². The second-order valence-electron chi connectivity index (χ2n) is 6.36. The topological polar surface area (TPSA) is 3.24 Å². The van der Waals surface area contributed by atoms with Gasteiger partial charge < -0.3 is 0 Å². The molecule has 0 bridgehead atoms. The van der Waals surface area contributed by atoms with Crippen LogP contribution in [0.5, 0.6) is 0 Å². The molecule has 2 fully saturated rings. The number of fused-ring (bicyclic) bond motifs is 1. The standard InChI is InChI=1S/C13H25N/c1-12(2)10-8-6-7-9-11(10)13(3,4)14(12)5/h10-11H,6-9H2,1-5H3. The van der Waals surface area contributed by atoms with E-state index in [9.17, 15) is 0 Å². The van der Waals surface area contributed by atoms with E-state index in [1.54, 1.807) is 0 Å². The predicted molar refractivity (Wildman–Crippen MR) is 61.4 cm³/mol. The quantitative estimate of drug-likeness (QED) is 0.573. The van der Waals surface area contributed by atoms with Gasteiger partial charge in [-0.05, 0) is 59.4 Å². The fraction of sp³-hybridized carbons (Fsp3) is 1.00. The van der Waals surface area contributed by atoms with Gasteiger partial charge in [-0.3, -0.25) is 4.90 Å². The zero-order valence-electron chi connectivity index (χ0n) is 10.4. The van der Waals surface area contributed by atoms with Crippen molar-refractivity contribution in [2.24, 2.45) is 11.8 Å². The van der Waals surface area contributed by atoms with Gasteiger partial charge in [0.1, 0.15) is 0 Å². The van der Waals surface area contributed by atoms with Crippen molar-refractivity contribution in [2.45, 2.75) is 64.5 Å². The first-order chi connectivity index (χ1) is 6.38. The molecule has 1 nitrogen and oxygen atoms in total. The molecule has 0 aromatic carbocycles. The minimum absolute atomic E-state index is 0.411. The Kier molecular flexibility index (Phi) is 2.23. The zero-order valence-corrected chi connectivity index (χ0v) is 10.4. The number of hydrogen-bond acceptors (Lipinski definition) is 1. The van der Waals surface area contributed by atoms with Crippen molar-refractivity contribution < 1.29 is 0 Å². The van der Waals surface area contributed by atoms with E-state index >= 15 is 0 Å². The summed E-state index contributed by atoms with van der Waals surface area (Å²) in [6, 6.07) is 0. The summed E-state index contributed by atoms with van der Waals surface area (Å²) >= 11 is 0. The van der Waals surface area contributed by atoms with Crippen molar-refractivity contribution in [1.82, 2.24) is 4.90 Å². The van der Waals surface area contributed by atoms with E-state index in [1.165, 1.54) is 25.7 Å². The SMILES string of the molecule is CN1C(C)(C)C2CCCCC2C1(C)C. The molecule has 1 saturated carbocycles. The first-order valence-corrected chi connectivity index (χ1v) is 6.12. The Hall–Kier alpha value is -0.0400. The lowest BCUT2D eigenvalue weighted by Crippen LogP contribution is -2.47. The second-order valence-corrected chi connectivity index (χ2v) is 6.36. The molecule has 1 heteroatoms. The number of rotatable bonds is 0. The van der Waals surface area contributed by atoms with Gasteiger partial charge in [-0.2, -0.15) is 0 Å². The van der Waals surface area contributed by atoms with Crippen molar-refractivity contribution in [2.75, 3.05) is 7.05 Å². The lowest BCUT2D eigenvalue weighted by molar-refractivity contribution is 0.0943. The summed E-state index contributed by atoms with van der Waals surface area (Å²) in [7, 11) is 2.32. The Morgan fingerprint density at radius 1 is 0.857 bits per heavy atom. The number of nitrogens with zero attached hydrogens (tertiary/aromatic N) is 1. The summed E-state index contributed by atoms with van der Waals surface area (Å²) in [5.74, 6) is 1.85. The smallest absolute Gasteiger partial charge is 0.0187 e. The van der Waals surface area contributed by atoms with Crippen molar-refractivity contribution in [3.63, 3.8) is 0 Å². The van der Waals surface area contributed by atoms with Crippen LogP contribution in [-0.4, -0.2) is 23.0 Å². The van der Waals surface area contributed by atoms with Gasteiger partial charge >= 0.3 is 0 Å². The fourth-order valence-corrected chi connectivity index (χ4v) is 4.06. The van der Waals surface area contributed by atoms with Crippen LogP contribution in [-0.2, 0) is 0 Å². The molecule has 0 aromatic rings. The normalized spacial score (nSPS) is 40.9. The Morgan fingerprint density at radius 3 is 1.57 bits per heavy atom. The van der Waals surface area contributed by atoms with Crippen LogP contribution in [0.2, 0.25) is 0 Å². The van der Waals surface area contributed by atoms with Crippen LogP contribution in [0.15, 0.2) is 0 Å². The largest absolute Gasteiger partial charge is 0.296 e. The van der Waals surface area contributed by atoms with Crippen LogP contribution < -0.4 is 0 Å². The molecule has 2 aliphatic rings. The van der Waals surface area contributed by atoms with Gasteiger partial charge in [0.05, 0.1) is 0 Å². The van der Waals surface area contributed by atoms with Gasteiger partial charge in [0.25, 0.3) is 0 Å². The average molecular weight is 195 g/mol. The Bertz CT molecular complexity index is 205. The molecule has 0 spiro atoms. The molecule has 14 heavy (non-hydrogen) atoms. The minimum Gasteiger partial charge on any atom is -0.296 e. The molecular weight excluding hydrogens is 170 g/mol. The lowest BCUT2D eigenvalue weighted by atomic mass is 9.69. The Labute approximate surface area is 88.9 Å². The molecule has 1 heterocycles. The molecular formula is C13H25N. The Morgan fingerprint density at radius 2 is 1.21 bits per heavy atom. The monoisotopic (exact) mass is 195 g/mol. The Balaban J connectivity index is 2.34. The summed E-state index contributed by atoms with van der Waals surface area (Å²) in [6.45, 7) is 9.74. The highest BCUT2D eigenvalue weighted by Crippen LogP contribution is 2.53. The van der Waals surface area contributed by atoms with E-state index in [1.807, 2.05) is 0 Å². The minimum atomic E-state index is 0.411. The third-order valence-corrected chi connectivity index (χ3v) is 5.31.